The van der Waals surface area contributed by atoms with Gasteiger partial charge < -0.3 is 20.7 Å². The van der Waals surface area contributed by atoms with Gasteiger partial charge in [-0.1, -0.05) is 12.5 Å². The highest BCUT2D eigenvalue weighted by atomic mass is 19.1. The molecule has 6 nitrogen and oxygen atoms in total. The number of anilines is 1. The summed E-state index contributed by atoms with van der Waals surface area (Å²) >= 11 is 0. The fourth-order valence-corrected chi connectivity index (χ4v) is 2.99. The number of aliphatic imine (C=N–C) groups is 1. The number of methoxy groups -OCH3 is 1. The SMILES string of the molecule is C#Cc1ccc(C2=CC(OC)N(CC(=C)N)C(C)=N2)c(NC(=O)C2CC2)c1.CF. The van der Waals surface area contributed by atoms with E-state index in [2.05, 4.69) is 17.8 Å². The number of carbonyl (C=O) groups is 1. The van der Waals surface area contributed by atoms with Gasteiger partial charge in [-0.05, 0) is 44.0 Å². The summed E-state index contributed by atoms with van der Waals surface area (Å²) in [5.74, 6) is 3.48. The smallest absolute Gasteiger partial charge is 0.227 e. The maximum Gasteiger partial charge on any atom is 0.227 e. The van der Waals surface area contributed by atoms with Crippen LogP contribution in [0.25, 0.3) is 5.70 Å². The molecule has 7 heteroatoms. The van der Waals surface area contributed by atoms with Crippen LogP contribution >= 0.6 is 0 Å². The van der Waals surface area contributed by atoms with E-state index in [1.54, 1.807) is 13.2 Å². The van der Waals surface area contributed by atoms with Gasteiger partial charge in [0.05, 0.1) is 25.1 Å². The molecule has 1 aliphatic carbocycles. The highest BCUT2D eigenvalue weighted by Gasteiger charge is 2.30. The number of halogens is 1. The lowest BCUT2D eigenvalue weighted by molar-refractivity contribution is -0.117. The lowest BCUT2D eigenvalue weighted by Crippen LogP contribution is -2.43. The zero-order chi connectivity index (χ0) is 21.6. The molecule has 1 heterocycles. The number of nitrogens with two attached hydrogens (primary N) is 1. The van der Waals surface area contributed by atoms with E-state index >= 15 is 0 Å². The van der Waals surface area contributed by atoms with Gasteiger partial charge in [-0.3, -0.25) is 9.18 Å². The number of hydrogen-bond donors (Lipinski definition) is 2. The Morgan fingerprint density at radius 3 is 2.72 bits per heavy atom. The Labute approximate surface area is 171 Å². The largest absolute Gasteiger partial charge is 0.401 e. The minimum atomic E-state index is -0.336. The Bertz CT molecular complexity index is 881. The van der Waals surface area contributed by atoms with E-state index in [1.165, 1.54) is 0 Å². The fourth-order valence-electron chi connectivity index (χ4n) is 2.99. The third-order valence-corrected chi connectivity index (χ3v) is 4.59. The summed E-state index contributed by atoms with van der Waals surface area (Å²) in [7, 11) is 2.13. The Morgan fingerprint density at radius 1 is 1.48 bits per heavy atom. The third-order valence-electron chi connectivity index (χ3n) is 4.59. The van der Waals surface area contributed by atoms with E-state index in [0.29, 0.717) is 36.4 Å². The average molecular weight is 398 g/mol. The zero-order valence-corrected chi connectivity index (χ0v) is 17.0. The monoisotopic (exact) mass is 398 g/mol. The van der Waals surface area contributed by atoms with Crippen molar-refractivity contribution in [3.8, 4) is 12.3 Å². The predicted molar refractivity (Wildman–Crippen MR) is 115 cm³/mol. The van der Waals surface area contributed by atoms with Crippen LogP contribution in [0, 0.1) is 18.3 Å². The molecule has 1 saturated carbocycles. The quantitative estimate of drug-likeness (QED) is 0.722. The van der Waals surface area contributed by atoms with Gasteiger partial charge in [0, 0.05) is 29.9 Å². The Kier molecular flexibility index (Phi) is 7.57. The van der Waals surface area contributed by atoms with Crippen molar-refractivity contribution in [2.24, 2.45) is 16.6 Å². The molecule has 1 aromatic rings. The van der Waals surface area contributed by atoms with Gasteiger partial charge in [0.25, 0.3) is 0 Å². The topological polar surface area (TPSA) is 80.0 Å². The molecule has 1 amide bonds. The number of amidine groups is 1. The maximum atomic E-state index is 12.3. The summed E-state index contributed by atoms with van der Waals surface area (Å²) in [6.07, 6.45) is 8.95. The van der Waals surface area contributed by atoms with E-state index in [9.17, 15) is 9.18 Å². The number of rotatable bonds is 6. The lowest BCUT2D eigenvalue weighted by Gasteiger charge is -2.33. The summed E-state index contributed by atoms with van der Waals surface area (Å²) in [6, 6.07) is 5.52. The molecule has 0 spiro atoms. The van der Waals surface area contributed by atoms with Crippen LogP contribution in [0.15, 0.2) is 41.5 Å². The summed E-state index contributed by atoms with van der Waals surface area (Å²) < 4.78 is 15.1. The van der Waals surface area contributed by atoms with Crippen LogP contribution in [0.5, 0.6) is 0 Å². The van der Waals surface area contributed by atoms with Gasteiger partial charge in [-0.15, -0.1) is 6.42 Å². The van der Waals surface area contributed by atoms with Gasteiger partial charge >= 0.3 is 0 Å². The Hall–Kier alpha value is -3.11. The van der Waals surface area contributed by atoms with E-state index in [4.69, 9.17) is 21.9 Å². The maximum absolute atomic E-state index is 12.3. The van der Waals surface area contributed by atoms with Crippen LogP contribution < -0.4 is 11.1 Å². The number of benzene rings is 1. The molecule has 3 rings (SSSR count). The molecule has 2 aliphatic rings. The molecular weight excluding hydrogens is 371 g/mol. The first-order chi connectivity index (χ1) is 13.9. The molecular formula is C22H27FN4O2. The van der Waals surface area contributed by atoms with Gasteiger partial charge in [0.15, 0.2) is 6.23 Å². The van der Waals surface area contributed by atoms with Crippen molar-refractivity contribution in [2.45, 2.75) is 26.0 Å². The Morgan fingerprint density at radius 2 is 2.17 bits per heavy atom. The van der Waals surface area contributed by atoms with Gasteiger partial charge in [-0.2, -0.15) is 0 Å². The highest BCUT2D eigenvalue weighted by molar-refractivity contribution is 5.98. The van der Waals surface area contributed by atoms with Crippen molar-refractivity contribution < 1.29 is 13.9 Å². The van der Waals surface area contributed by atoms with Crippen molar-refractivity contribution in [2.75, 3.05) is 26.1 Å². The van der Waals surface area contributed by atoms with Gasteiger partial charge in [0.2, 0.25) is 5.91 Å². The second-order valence-electron chi connectivity index (χ2n) is 6.79. The molecule has 0 radical (unpaired) electrons. The van der Waals surface area contributed by atoms with E-state index in [1.807, 2.05) is 30.0 Å². The summed E-state index contributed by atoms with van der Waals surface area (Å²) in [5.41, 5.74) is 9.17. The number of nitrogens with zero attached hydrogens (tertiary/aromatic N) is 2. The van der Waals surface area contributed by atoms with Crippen LogP contribution in [0.3, 0.4) is 0 Å². The van der Waals surface area contributed by atoms with Crippen LogP contribution in [0.4, 0.5) is 10.1 Å². The number of nitrogens with one attached hydrogen (secondary N) is 1. The standard InChI is InChI=1S/C21H24N4O2.CH3F/c1-5-15-6-9-17(18(10-15)24-21(26)16-7-8-16)19-11-20(27-4)25(12-13(2)22)14(3)23-19;1-2/h1,6,9-11,16,20H,2,7-8,12,22H2,3-4H3,(H,24,26);1H3. The first-order valence-electron chi connectivity index (χ1n) is 9.22. The first kappa shape index (κ1) is 22.2. The summed E-state index contributed by atoms with van der Waals surface area (Å²) in [6.45, 7) is 6.09. The first-order valence-corrected chi connectivity index (χ1v) is 9.22. The normalized spacial score (nSPS) is 17.9. The predicted octanol–water partition coefficient (Wildman–Crippen LogP) is 3.12. The molecule has 1 aliphatic heterocycles. The van der Waals surface area contributed by atoms with Crippen molar-refractivity contribution >= 4 is 23.1 Å². The van der Waals surface area contributed by atoms with E-state index < -0.39 is 0 Å². The average Bonchev–Trinajstić information content (AvgIpc) is 3.56. The van der Waals surface area contributed by atoms with Crippen molar-refractivity contribution in [3.63, 3.8) is 0 Å². The third kappa shape index (κ3) is 5.46. The molecule has 1 fully saturated rings. The van der Waals surface area contributed by atoms with Crippen LogP contribution in [-0.4, -0.2) is 43.7 Å². The Balaban J connectivity index is 0.00000145. The van der Waals surface area contributed by atoms with E-state index in [-0.39, 0.29) is 18.1 Å². The number of carbonyl (C=O) groups excluding carboxylic acids is 1. The number of ether oxygens (including phenoxy) is 1. The van der Waals surface area contributed by atoms with Crippen LogP contribution in [-0.2, 0) is 9.53 Å². The van der Waals surface area contributed by atoms with Gasteiger partial charge in [-0.25, -0.2) is 4.99 Å². The summed E-state index contributed by atoms with van der Waals surface area (Å²) in [5, 5.41) is 3.00. The van der Waals surface area contributed by atoms with Crippen LogP contribution in [0.2, 0.25) is 0 Å². The number of alkyl halides is 1. The minimum Gasteiger partial charge on any atom is -0.401 e. The molecule has 1 atom stereocenters. The zero-order valence-electron chi connectivity index (χ0n) is 17.0. The molecule has 1 unspecified atom stereocenters. The molecule has 0 saturated heterocycles. The highest BCUT2D eigenvalue weighted by Crippen LogP contribution is 2.34. The molecule has 0 aromatic heterocycles. The number of hydrogen-bond acceptors (Lipinski definition) is 5. The number of terminal acetylenes is 1. The molecule has 3 N–H and O–H groups in total. The second kappa shape index (κ2) is 9.89. The van der Waals surface area contributed by atoms with Crippen molar-refractivity contribution in [1.82, 2.24) is 4.90 Å². The fraction of sp³-hybridized carbons (Fsp3) is 0.364. The second-order valence-corrected chi connectivity index (χ2v) is 6.79. The minimum absolute atomic E-state index is 0.0203. The van der Waals surface area contributed by atoms with Crippen molar-refractivity contribution in [3.05, 3.63) is 47.7 Å². The molecule has 29 heavy (non-hydrogen) atoms. The van der Waals surface area contributed by atoms with Crippen LogP contribution in [0.1, 0.15) is 30.9 Å². The molecule has 154 valence electrons. The van der Waals surface area contributed by atoms with E-state index in [0.717, 1.165) is 24.2 Å². The number of amides is 1. The van der Waals surface area contributed by atoms with Gasteiger partial charge in [0.1, 0.15) is 5.84 Å². The van der Waals surface area contributed by atoms with Crippen molar-refractivity contribution in [1.29, 1.82) is 0 Å². The summed E-state index contributed by atoms with van der Waals surface area (Å²) in [4.78, 5) is 18.9. The molecule has 0 bridgehead atoms. The lowest BCUT2D eigenvalue weighted by atomic mass is 10.0. The molecule has 1 aromatic carbocycles.